The lowest BCUT2D eigenvalue weighted by Crippen LogP contribution is -2.28. The molecule has 1 atom stereocenters. The van der Waals surface area contributed by atoms with Crippen LogP contribution in [-0.2, 0) is 25.0 Å². The molecule has 0 saturated carbocycles. The third-order valence-electron chi connectivity index (χ3n) is 2.53. The Morgan fingerprint density at radius 1 is 1.35 bits per heavy atom. The van der Waals surface area contributed by atoms with Crippen molar-refractivity contribution in [2.75, 3.05) is 0 Å². The molecule has 6 heteroatoms. The molecule has 0 unspecified atom stereocenters. The summed E-state index contributed by atoms with van der Waals surface area (Å²) >= 11 is 0. The Hall–Kier alpha value is -1.07. The zero-order valence-corrected chi connectivity index (χ0v) is 13.6. The maximum Gasteiger partial charge on any atom is 0.309 e. The van der Waals surface area contributed by atoms with Crippen LogP contribution in [0.15, 0.2) is 29.2 Å². The average Bonchev–Trinajstić information content (AvgIpc) is 2.25. The molecule has 112 valence electrons. The Balaban J connectivity index is 2.81. The third-order valence-corrected chi connectivity index (χ3v) is 3.88. The van der Waals surface area contributed by atoms with Crippen molar-refractivity contribution in [2.45, 2.75) is 44.6 Å². The van der Waals surface area contributed by atoms with Gasteiger partial charge in [0.2, 0.25) is 0 Å². The van der Waals surface area contributed by atoms with Gasteiger partial charge in [-0.05, 0) is 44.9 Å². The van der Waals surface area contributed by atoms with Crippen LogP contribution in [0.5, 0.6) is 0 Å². The lowest BCUT2D eigenvalue weighted by atomic mass is 10.0. The van der Waals surface area contributed by atoms with Crippen LogP contribution in [0.4, 0.5) is 0 Å². The minimum absolute atomic E-state index is 0.0352. The molecule has 0 heterocycles. The summed E-state index contributed by atoms with van der Waals surface area (Å²) in [5, 5.41) is 0. The van der Waals surface area contributed by atoms with E-state index >= 15 is 0 Å². The first-order valence-electron chi connectivity index (χ1n) is 6.25. The van der Waals surface area contributed by atoms with Gasteiger partial charge in [-0.2, -0.15) is 0 Å². The number of ether oxygens (including phenoxy) is 1. The van der Waals surface area contributed by atoms with E-state index in [0.29, 0.717) is 6.42 Å². The summed E-state index contributed by atoms with van der Waals surface area (Å²) in [7, 11) is 1.54. The summed E-state index contributed by atoms with van der Waals surface area (Å²) < 4.78 is 27.8. The van der Waals surface area contributed by atoms with E-state index < -0.39 is 14.7 Å². The van der Waals surface area contributed by atoms with Gasteiger partial charge in [-0.15, -0.1) is 0 Å². The molecule has 20 heavy (non-hydrogen) atoms. The number of rotatable bonds is 4. The second-order valence-electron chi connectivity index (χ2n) is 5.72. The maximum absolute atomic E-state index is 11.9. The van der Waals surface area contributed by atoms with Crippen LogP contribution in [0, 0.1) is 5.92 Å². The predicted molar refractivity (Wildman–Crippen MR) is 78.2 cm³/mol. The van der Waals surface area contributed by atoms with Crippen LogP contribution in [-0.4, -0.2) is 20.0 Å². The van der Waals surface area contributed by atoms with Crippen LogP contribution in [0.2, 0.25) is 0 Å². The molecule has 0 spiro atoms. The van der Waals surface area contributed by atoms with E-state index in [4.69, 9.17) is 15.4 Å². The first-order chi connectivity index (χ1) is 8.99. The second kappa shape index (κ2) is 6.14. The minimum atomic E-state index is -3.75. The largest absolute Gasteiger partial charge is 0.460 e. The highest BCUT2D eigenvalue weighted by atomic mass is 35.7. The van der Waals surface area contributed by atoms with E-state index in [-0.39, 0.29) is 16.8 Å². The van der Waals surface area contributed by atoms with Crippen molar-refractivity contribution < 1.29 is 17.9 Å². The Bertz CT molecular complexity index is 587. The van der Waals surface area contributed by atoms with E-state index in [1.807, 2.05) is 0 Å². The Morgan fingerprint density at radius 2 is 1.95 bits per heavy atom. The Labute approximate surface area is 124 Å². The van der Waals surface area contributed by atoms with Crippen molar-refractivity contribution in [2.24, 2.45) is 5.92 Å². The molecule has 0 aliphatic rings. The average molecular weight is 319 g/mol. The van der Waals surface area contributed by atoms with E-state index in [9.17, 15) is 13.2 Å². The number of benzene rings is 1. The molecule has 0 aliphatic heterocycles. The van der Waals surface area contributed by atoms with Crippen LogP contribution in [0.3, 0.4) is 0 Å². The van der Waals surface area contributed by atoms with Gasteiger partial charge in [0.05, 0.1) is 10.8 Å². The molecule has 1 aromatic carbocycles. The number of esters is 1. The van der Waals surface area contributed by atoms with Gasteiger partial charge in [0, 0.05) is 10.7 Å². The van der Waals surface area contributed by atoms with E-state index in [1.54, 1.807) is 39.8 Å². The Morgan fingerprint density at radius 3 is 2.45 bits per heavy atom. The normalized spacial score (nSPS) is 13.8. The third kappa shape index (κ3) is 5.51. The molecule has 4 nitrogen and oxygen atoms in total. The standard InChI is InChI=1S/C14H19ClO4S/c1-10(13(16)19-14(2,3)4)8-11-6-5-7-12(9-11)20(15,17)18/h5-7,9-10H,8H2,1-4H3/t10-/m0/s1. The van der Waals surface area contributed by atoms with Gasteiger partial charge < -0.3 is 4.74 Å². The summed E-state index contributed by atoms with van der Waals surface area (Å²) in [6.07, 6.45) is 0.398. The molecular formula is C14H19ClO4S. The van der Waals surface area contributed by atoms with Crippen molar-refractivity contribution in [1.29, 1.82) is 0 Å². The Kier molecular flexibility index (Phi) is 5.21. The number of halogens is 1. The summed E-state index contributed by atoms with van der Waals surface area (Å²) in [6.45, 7) is 7.16. The number of carbonyl (C=O) groups is 1. The van der Waals surface area contributed by atoms with Crippen molar-refractivity contribution in [1.82, 2.24) is 0 Å². The SMILES string of the molecule is C[C@@H](Cc1cccc(S(=O)(=O)Cl)c1)C(=O)OC(C)(C)C. The molecule has 0 radical (unpaired) electrons. The van der Waals surface area contributed by atoms with E-state index in [1.165, 1.54) is 12.1 Å². The molecule has 0 bridgehead atoms. The lowest BCUT2D eigenvalue weighted by molar-refractivity contribution is -0.159. The molecule has 1 aromatic rings. The van der Waals surface area contributed by atoms with Crippen LogP contribution >= 0.6 is 10.7 Å². The van der Waals surface area contributed by atoms with Gasteiger partial charge in [0.15, 0.2) is 0 Å². The van der Waals surface area contributed by atoms with Gasteiger partial charge in [0.25, 0.3) is 9.05 Å². The molecular weight excluding hydrogens is 300 g/mol. The molecule has 0 aliphatic carbocycles. The quantitative estimate of drug-likeness (QED) is 0.632. The van der Waals surface area contributed by atoms with E-state index in [2.05, 4.69) is 0 Å². The topological polar surface area (TPSA) is 60.4 Å². The van der Waals surface area contributed by atoms with Gasteiger partial charge in [-0.1, -0.05) is 19.1 Å². The molecule has 0 amide bonds. The summed E-state index contributed by atoms with van der Waals surface area (Å²) in [6, 6.07) is 6.26. The summed E-state index contributed by atoms with van der Waals surface area (Å²) in [5.74, 6) is -0.667. The second-order valence-corrected chi connectivity index (χ2v) is 8.29. The number of hydrogen-bond acceptors (Lipinski definition) is 4. The summed E-state index contributed by atoms with van der Waals surface area (Å²) in [5.41, 5.74) is 0.192. The first kappa shape index (κ1) is 17.0. The van der Waals surface area contributed by atoms with Gasteiger partial charge in [-0.25, -0.2) is 8.42 Å². The molecule has 1 rings (SSSR count). The van der Waals surface area contributed by atoms with Crippen LogP contribution in [0.25, 0.3) is 0 Å². The minimum Gasteiger partial charge on any atom is -0.460 e. The van der Waals surface area contributed by atoms with E-state index in [0.717, 1.165) is 5.56 Å². The zero-order chi connectivity index (χ0) is 15.6. The smallest absolute Gasteiger partial charge is 0.309 e. The van der Waals surface area contributed by atoms with Crippen molar-refractivity contribution in [3.63, 3.8) is 0 Å². The highest BCUT2D eigenvalue weighted by Gasteiger charge is 2.22. The fourth-order valence-corrected chi connectivity index (χ4v) is 2.48. The molecule has 0 aromatic heterocycles. The summed E-state index contributed by atoms with van der Waals surface area (Å²) in [4.78, 5) is 11.9. The van der Waals surface area contributed by atoms with Gasteiger partial charge >= 0.3 is 5.97 Å². The van der Waals surface area contributed by atoms with Crippen LogP contribution < -0.4 is 0 Å². The van der Waals surface area contributed by atoms with Crippen LogP contribution in [0.1, 0.15) is 33.3 Å². The fraction of sp³-hybridized carbons (Fsp3) is 0.500. The zero-order valence-electron chi connectivity index (χ0n) is 12.0. The fourth-order valence-electron chi connectivity index (χ4n) is 1.66. The predicted octanol–water partition coefficient (Wildman–Crippen LogP) is 3.13. The lowest BCUT2D eigenvalue weighted by Gasteiger charge is -2.22. The molecule has 0 fully saturated rings. The first-order valence-corrected chi connectivity index (χ1v) is 8.56. The number of hydrogen-bond donors (Lipinski definition) is 0. The monoisotopic (exact) mass is 318 g/mol. The number of carbonyl (C=O) groups excluding carboxylic acids is 1. The van der Waals surface area contributed by atoms with Crippen molar-refractivity contribution in [3.8, 4) is 0 Å². The molecule has 0 saturated heterocycles. The molecule has 0 N–H and O–H groups in total. The van der Waals surface area contributed by atoms with Gasteiger partial charge in [-0.3, -0.25) is 4.79 Å². The van der Waals surface area contributed by atoms with Crippen molar-refractivity contribution in [3.05, 3.63) is 29.8 Å². The maximum atomic E-state index is 11.9. The van der Waals surface area contributed by atoms with Crippen molar-refractivity contribution >= 4 is 25.7 Å². The highest BCUT2D eigenvalue weighted by Crippen LogP contribution is 2.19. The van der Waals surface area contributed by atoms with Gasteiger partial charge in [0.1, 0.15) is 5.60 Å². The highest BCUT2D eigenvalue weighted by molar-refractivity contribution is 8.13.